The highest BCUT2D eigenvalue weighted by Gasteiger charge is 2.18. The van der Waals surface area contributed by atoms with Crippen LogP contribution in [0.15, 0.2) is 48.1 Å². The average molecular weight is 365 g/mol. The number of methoxy groups -OCH3 is 1. The number of aromatic amines is 1. The van der Waals surface area contributed by atoms with Crippen LogP contribution in [0.2, 0.25) is 0 Å². The van der Waals surface area contributed by atoms with Crippen LogP contribution in [-0.4, -0.2) is 27.0 Å². The summed E-state index contributed by atoms with van der Waals surface area (Å²) in [6.45, 7) is 2.43. The number of hydrogen-bond acceptors (Lipinski definition) is 6. The lowest BCUT2D eigenvalue weighted by Gasteiger charge is -2.15. The molecule has 0 saturated heterocycles. The summed E-state index contributed by atoms with van der Waals surface area (Å²) >= 11 is 1.62. The van der Waals surface area contributed by atoms with Gasteiger partial charge in [0, 0.05) is 30.4 Å². The van der Waals surface area contributed by atoms with E-state index < -0.39 is 0 Å². The smallest absolute Gasteiger partial charge is 0.158 e. The molecule has 0 amide bonds. The molecule has 1 aromatic carbocycles. The van der Waals surface area contributed by atoms with Gasteiger partial charge in [-0.1, -0.05) is 30.3 Å². The number of benzene rings is 1. The molecule has 3 heterocycles. The summed E-state index contributed by atoms with van der Waals surface area (Å²) in [5.74, 6) is 2.32. The fourth-order valence-electron chi connectivity index (χ4n) is 2.90. The molecule has 4 rings (SSSR count). The monoisotopic (exact) mass is 365 g/mol. The molecule has 3 aromatic heterocycles. The zero-order chi connectivity index (χ0) is 17.9. The standard InChI is InChI=1S/C19H19N5OS/c1-12(17-20-8-9-21-17)22-18-16-14(13-6-4-3-5-7-13)11-26-19(16)24-15(23-18)10-25-2/h3-9,11-12H,10H2,1-2H3,(H,20,21)(H,22,23,24). The Hall–Kier alpha value is -2.77. The average Bonchev–Trinajstić information content (AvgIpc) is 3.33. The van der Waals surface area contributed by atoms with Gasteiger partial charge < -0.3 is 15.0 Å². The molecule has 0 aliphatic heterocycles. The summed E-state index contributed by atoms with van der Waals surface area (Å²) < 4.78 is 5.23. The second-order valence-electron chi connectivity index (χ2n) is 5.96. The fourth-order valence-corrected chi connectivity index (χ4v) is 3.87. The van der Waals surface area contributed by atoms with E-state index in [0.717, 1.165) is 33.0 Å². The van der Waals surface area contributed by atoms with E-state index in [0.29, 0.717) is 12.4 Å². The first-order chi connectivity index (χ1) is 12.8. The van der Waals surface area contributed by atoms with Crippen molar-refractivity contribution in [3.05, 3.63) is 59.8 Å². The summed E-state index contributed by atoms with van der Waals surface area (Å²) in [5, 5.41) is 6.65. The normalized spacial score (nSPS) is 12.4. The van der Waals surface area contributed by atoms with Gasteiger partial charge in [0.05, 0.1) is 11.4 Å². The van der Waals surface area contributed by atoms with Gasteiger partial charge in [0.15, 0.2) is 5.82 Å². The van der Waals surface area contributed by atoms with Crippen molar-refractivity contribution in [1.82, 2.24) is 19.9 Å². The molecule has 1 unspecified atom stereocenters. The molecule has 0 aliphatic rings. The van der Waals surface area contributed by atoms with Crippen molar-refractivity contribution >= 4 is 27.4 Å². The van der Waals surface area contributed by atoms with Crippen LogP contribution in [0.25, 0.3) is 21.3 Å². The molecule has 132 valence electrons. The highest BCUT2D eigenvalue weighted by Crippen LogP contribution is 2.37. The lowest BCUT2D eigenvalue weighted by atomic mass is 10.1. The molecule has 0 bridgehead atoms. The van der Waals surface area contributed by atoms with Crippen LogP contribution in [0.1, 0.15) is 24.6 Å². The zero-order valence-corrected chi connectivity index (χ0v) is 15.4. The Morgan fingerprint density at radius 1 is 1.23 bits per heavy atom. The maximum atomic E-state index is 5.23. The summed E-state index contributed by atoms with van der Waals surface area (Å²) in [6, 6.07) is 10.3. The molecule has 26 heavy (non-hydrogen) atoms. The summed E-state index contributed by atoms with van der Waals surface area (Å²) in [6.07, 6.45) is 3.57. The van der Waals surface area contributed by atoms with Crippen molar-refractivity contribution in [3.63, 3.8) is 0 Å². The number of rotatable bonds is 6. The number of thiophene rings is 1. The number of fused-ring (bicyclic) bond motifs is 1. The Kier molecular flexibility index (Phi) is 4.64. The van der Waals surface area contributed by atoms with Gasteiger partial charge >= 0.3 is 0 Å². The molecule has 0 spiro atoms. The number of nitrogens with one attached hydrogen (secondary N) is 2. The van der Waals surface area contributed by atoms with E-state index >= 15 is 0 Å². The Morgan fingerprint density at radius 2 is 2.08 bits per heavy atom. The predicted octanol–water partition coefficient (Wildman–Crippen LogP) is 4.40. The van der Waals surface area contributed by atoms with Crippen LogP contribution in [0.4, 0.5) is 5.82 Å². The van der Waals surface area contributed by atoms with Gasteiger partial charge in [-0.2, -0.15) is 0 Å². The third kappa shape index (κ3) is 3.18. The first-order valence-corrected chi connectivity index (χ1v) is 9.22. The number of imidazole rings is 1. The molecule has 1 atom stereocenters. The van der Waals surface area contributed by atoms with E-state index in [1.807, 2.05) is 24.4 Å². The van der Waals surface area contributed by atoms with Crippen molar-refractivity contribution in [2.75, 3.05) is 12.4 Å². The molecule has 2 N–H and O–H groups in total. The minimum absolute atomic E-state index is 0.0120. The number of ether oxygens (including phenoxy) is 1. The Balaban J connectivity index is 1.83. The minimum Gasteiger partial charge on any atom is -0.377 e. The van der Waals surface area contributed by atoms with E-state index in [1.54, 1.807) is 24.6 Å². The highest BCUT2D eigenvalue weighted by molar-refractivity contribution is 7.17. The number of hydrogen-bond donors (Lipinski definition) is 2. The molecule has 4 aromatic rings. The van der Waals surface area contributed by atoms with Crippen LogP contribution >= 0.6 is 11.3 Å². The van der Waals surface area contributed by atoms with Crippen molar-refractivity contribution in [3.8, 4) is 11.1 Å². The maximum absolute atomic E-state index is 5.23. The molecule has 6 nitrogen and oxygen atoms in total. The first-order valence-electron chi connectivity index (χ1n) is 8.34. The van der Waals surface area contributed by atoms with E-state index in [9.17, 15) is 0 Å². The van der Waals surface area contributed by atoms with Crippen molar-refractivity contribution in [2.24, 2.45) is 0 Å². The van der Waals surface area contributed by atoms with Gasteiger partial charge in [0.2, 0.25) is 0 Å². The van der Waals surface area contributed by atoms with Crippen LogP contribution in [0.3, 0.4) is 0 Å². The minimum atomic E-state index is -0.0120. The van der Waals surface area contributed by atoms with Gasteiger partial charge in [0.25, 0.3) is 0 Å². The molecular weight excluding hydrogens is 346 g/mol. The van der Waals surface area contributed by atoms with Crippen molar-refractivity contribution in [1.29, 1.82) is 0 Å². The third-order valence-corrected chi connectivity index (χ3v) is 4.99. The molecule has 0 fully saturated rings. The highest BCUT2D eigenvalue weighted by atomic mass is 32.1. The van der Waals surface area contributed by atoms with Crippen LogP contribution in [0, 0.1) is 0 Å². The van der Waals surface area contributed by atoms with Crippen LogP contribution in [0.5, 0.6) is 0 Å². The lowest BCUT2D eigenvalue weighted by Crippen LogP contribution is -2.11. The number of aromatic nitrogens is 4. The lowest BCUT2D eigenvalue weighted by molar-refractivity contribution is 0.178. The molecular formula is C19H19N5OS. The Morgan fingerprint density at radius 3 is 2.81 bits per heavy atom. The topological polar surface area (TPSA) is 75.7 Å². The number of nitrogens with zero attached hydrogens (tertiary/aromatic N) is 3. The third-order valence-electron chi connectivity index (χ3n) is 4.12. The summed E-state index contributed by atoms with van der Waals surface area (Å²) in [7, 11) is 1.65. The maximum Gasteiger partial charge on any atom is 0.158 e. The van der Waals surface area contributed by atoms with Crippen molar-refractivity contribution < 1.29 is 4.74 Å². The summed E-state index contributed by atoms with van der Waals surface area (Å²) in [5.41, 5.74) is 2.28. The predicted molar refractivity (Wildman–Crippen MR) is 104 cm³/mol. The van der Waals surface area contributed by atoms with E-state index in [-0.39, 0.29) is 6.04 Å². The van der Waals surface area contributed by atoms with Crippen LogP contribution < -0.4 is 5.32 Å². The van der Waals surface area contributed by atoms with Crippen LogP contribution in [-0.2, 0) is 11.3 Å². The Labute approximate surface area is 155 Å². The fraction of sp³-hybridized carbons (Fsp3) is 0.211. The molecule has 0 saturated carbocycles. The number of H-pyrrole nitrogens is 1. The Bertz CT molecular complexity index is 998. The largest absolute Gasteiger partial charge is 0.377 e. The van der Waals surface area contributed by atoms with E-state index in [1.165, 1.54) is 0 Å². The van der Waals surface area contributed by atoms with E-state index in [4.69, 9.17) is 9.72 Å². The SMILES string of the molecule is COCc1nc(NC(C)c2ncc[nH]2)c2c(-c3ccccc3)csc2n1. The van der Waals surface area contributed by atoms with Gasteiger partial charge in [-0.25, -0.2) is 15.0 Å². The quantitative estimate of drug-likeness (QED) is 0.530. The summed E-state index contributed by atoms with van der Waals surface area (Å²) in [4.78, 5) is 17.8. The second-order valence-corrected chi connectivity index (χ2v) is 6.82. The number of anilines is 1. The first kappa shape index (κ1) is 16.7. The molecule has 0 radical (unpaired) electrons. The van der Waals surface area contributed by atoms with Gasteiger partial charge in [-0.3, -0.25) is 0 Å². The van der Waals surface area contributed by atoms with Crippen molar-refractivity contribution in [2.45, 2.75) is 19.6 Å². The van der Waals surface area contributed by atoms with Gasteiger partial charge in [0.1, 0.15) is 23.1 Å². The molecule has 7 heteroatoms. The zero-order valence-electron chi connectivity index (χ0n) is 14.6. The van der Waals surface area contributed by atoms with Gasteiger partial charge in [-0.05, 0) is 12.5 Å². The molecule has 0 aliphatic carbocycles. The van der Waals surface area contributed by atoms with E-state index in [2.05, 4.69) is 44.7 Å². The second kappa shape index (κ2) is 7.23. The van der Waals surface area contributed by atoms with Gasteiger partial charge in [-0.15, -0.1) is 11.3 Å².